The van der Waals surface area contributed by atoms with Gasteiger partial charge in [0.2, 0.25) is 0 Å². The highest BCUT2D eigenvalue weighted by atomic mass is 16.3. The number of benzene rings is 8. The summed E-state index contributed by atoms with van der Waals surface area (Å²) in [5, 5.41) is 6.89. The first-order valence-electron chi connectivity index (χ1n) is 19.3. The Bertz CT molecular complexity index is 3450. The van der Waals surface area contributed by atoms with Gasteiger partial charge in [-0.1, -0.05) is 127 Å². The number of nitrogens with zero attached hydrogens (tertiary/aromatic N) is 4. The van der Waals surface area contributed by atoms with Crippen molar-refractivity contribution < 1.29 is 4.42 Å². The minimum Gasteiger partial charge on any atom is -0.455 e. The zero-order valence-electron chi connectivity index (χ0n) is 30.7. The summed E-state index contributed by atoms with van der Waals surface area (Å²) < 4.78 is 11.5. The van der Waals surface area contributed by atoms with Crippen LogP contribution in [0, 0.1) is 0 Å². The maximum Gasteiger partial charge on any atom is 0.160 e. The molecule has 0 saturated carbocycles. The Morgan fingerprint density at radius 1 is 0.368 bits per heavy atom. The van der Waals surface area contributed by atoms with Gasteiger partial charge in [-0.2, -0.15) is 0 Å². The lowest BCUT2D eigenvalue weighted by molar-refractivity contribution is 0.673. The van der Waals surface area contributed by atoms with Gasteiger partial charge in [0.15, 0.2) is 5.82 Å². The van der Waals surface area contributed by atoms with Crippen LogP contribution in [-0.4, -0.2) is 19.1 Å². The van der Waals surface area contributed by atoms with Crippen molar-refractivity contribution in [3.8, 4) is 45.3 Å². The monoisotopic (exact) mass is 728 g/mol. The summed E-state index contributed by atoms with van der Waals surface area (Å²) in [5.41, 5.74) is 13.3. The van der Waals surface area contributed by atoms with Gasteiger partial charge < -0.3 is 13.6 Å². The fourth-order valence-corrected chi connectivity index (χ4v) is 8.82. The van der Waals surface area contributed by atoms with Gasteiger partial charge in [0.1, 0.15) is 11.2 Å². The molecule has 5 nitrogen and oxygen atoms in total. The number of aromatic nitrogens is 4. The molecule has 4 heterocycles. The third-order valence-electron chi connectivity index (χ3n) is 11.3. The Morgan fingerprint density at radius 2 is 0.947 bits per heavy atom. The van der Waals surface area contributed by atoms with Crippen molar-refractivity contribution in [2.45, 2.75) is 0 Å². The first kappa shape index (κ1) is 31.6. The molecule has 4 aromatic heterocycles. The molecule has 0 N–H and O–H groups in total. The highest BCUT2D eigenvalue weighted by Gasteiger charge is 2.24. The average molecular weight is 729 g/mol. The van der Waals surface area contributed by atoms with E-state index in [1.807, 2.05) is 18.2 Å². The molecular weight excluding hydrogens is 697 g/mol. The molecule has 0 saturated heterocycles. The fraction of sp³-hybridized carbons (Fsp3) is 0. The molecule has 0 aliphatic carbocycles. The zero-order valence-corrected chi connectivity index (χ0v) is 30.7. The summed E-state index contributed by atoms with van der Waals surface area (Å²) in [6.07, 6.45) is 0. The molecule has 0 atom stereocenters. The minimum atomic E-state index is 0.680. The van der Waals surface area contributed by atoms with E-state index in [0.717, 1.165) is 94.2 Å². The summed E-state index contributed by atoms with van der Waals surface area (Å²) >= 11 is 0. The van der Waals surface area contributed by atoms with Crippen LogP contribution in [0.3, 0.4) is 0 Å². The van der Waals surface area contributed by atoms with Crippen molar-refractivity contribution in [3.05, 3.63) is 194 Å². The molecule has 0 radical (unpaired) electrons. The van der Waals surface area contributed by atoms with Crippen LogP contribution < -0.4 is 0 Å². The van der Waals surface area contributed by atoms with Gasteiger partial charge >= 0.3 is 0 Å². The van der Waals surface area contributed by atoms with Crippen LogP contribution in [0.4, 0.5) is 0 Å². The number of rotatable bonds is 5. The highest BCUT2D eigenvalue weighted by molar-refractivity contribution is 6.31. The Labute approximate surface area is 327 Å². The summed E-state index contributed by atoms with van der Waals surface area (Å²) in [6, 6.07) is 68.2. The lowest BCUT2D eigenvalue weighted by Gasteiger charge is -2.12. The molecule has 12 aromatic rings. The number of hydrogen-bond acceptors (Lipinski definition) is 3. The first-order valence-corrected chi connectivity index (χ1v) is 19.3. The lowest BCUT2D eigenvalue weighted by atomic mass is 10.1. The largest absolute Gasteiger partial charge is 0.455 e. The second-order valence-electron chi connectivity index (χ2n) is 14.6. The molecular formula is C52H32N4O. The smallest absolute Gasteiger partial charge is 0.160 e. The second kappa shape index (κ2) is 12.4. The first-order chi connectivity index (χ1) is 28.3. The maximum absolute atomic E-state index is 6.70. The standard InChI is InChI=1S/C52H32N4O/c1-4-15-33(16-5-1)42-32-43(34-17-6-2-7-18-34)54-52(53-42)35-19-14-22-37(31-35)55-44-25-12-10-24-40(44)48-45(55)30-28-41-49-46(56(50(41)48)36-20-8-3-9-21-36)29-27-39-38-23-11-13-26-47(38)57-51(39)49/h1-32H. The van der Waals surface area contributed by atoms with E-state index in [9.17, 15) is 0 Å². The van der Waals surface area contributed by atoms with Crippen molar-refractivity contribution >= 4 is 65.6 Å². The van der Waals surface area contributed by atoms with E-state index in [0.29, 0.717) is 5.82 Å². The molecule has 0 fully saturated rings. The Kier molecular flexibility index (Phi) is 6.86. The van der Waals surface area contributed by atoms with Gasteiger partial charge in [0, 0.05) is 55.0 Å². The molecule has 0 amide bonds. The van der Waals surface area contributed by atoms with Gasteiger partial charge in [0.05, 0.1) is 38.8 Å². The van der Waals surface area contributed by atoms with E-state index >= 15 is 0 Å². The third kappa shape index (κ3) is 4.82. The Hall–Kier alpha value is -7.76. The number of fused-ring (bicyclic) bond motifs is 11. The molecule has 0 spiro atoms. The summed E-state index contributed by atoms with van der Waals surface area (Å²) in [4.78, 5) is 10.3. The summed E-state index contributed by atoms with van der Waals surface area (Å²) in [6.45, 7) is 0. The highest BCUT2D eigenvalue weighted by Crippen LogP contribution is 2.45. The Morgan fingerprint density at radius 3 is 1.68 bits per heavy atom. The summed E-state index contributed by atoms with van der Waals surface area (Å²) in [7, 11) is 0. The SMILES string of the molecule is c1ccc(-c2cc(-c3ccccc3)nc(-c3cccc(-n4c5ccccc5c5c4ccc4c6c7oc8ccccc8c7ccc6n(-c6ccccc6)c45)c3)n2)cc1. The van der Waals surface area contributed by atoms with E-state index in [-0.39, 0.29) is 0 Å². The predicted molar refractivity (Wildman–Crippen MR) is 234 cm³/mol. The van der Waals surface area contributed by atoms with E-state index in [4.69, 9.17) is 14.4 Å². The van der Waals surface area contributed by atoms with Gasteiger partial charge in [-0.3, -0.25) is 0 Å². The van der Waals surface area contributed by atoms with E-state index in [1.165, 1.54) is 10.8 Å². The third-order valence-corrected chi connectivity index (χ3v) is 11.3. The lowest BCUT2D eigenvalue weighted by Crippen LogP contribution is -1.98. The number of furan rings is 1. The van der Waals surface area contributed by atoms with Crippen LogP contribution in [-0.2, 0) is 0 Å². The number of para-hydroxylation sites is 3. The predicted octanol–water partition coefficient (Wildman–Crippen LogP) is 13.6. The normalized spacial score (nSPS) is 11.9. The second-order valence-corrected chi connectivity index (χ2v) is 14.6. The zero-order chi connectivity index (χ0) is 37.5. The van der Waals surface area contributed by atoms with Crippen LogP contribution in [0.2, 0.25) is 0 Å². The molecule has 0 unspecified atom stereocenters. The maximum atomic E-state index is 6.70. The van der Waals surface area contributed by atoms with Crippen molar-refractivity contribution in [2.75, 3.05) is 0 Å². The van der Waals surface area contributed by atoms with Crippen molar-refractivity contribution in [3.63, 3.8) is 0 Å². The molecule has 0 aliphatic rings. The van der Waals surface area contributed by atoms with E-state index in [2.05, 4.69) is 185 Å². The van der Waals surface area contributed by atoms with Crippen LogP contribution in [0.1, 0.15) is 0 Å². The molecule has 8 aromatic carbocycles. The molecule has 0 bridgehead atoms. The Balaban J connectivity index is 1.14. The number of hydrogen-bond donors (Lipinski definition) is 0. The van der Waals surface area contributed by atoms with E-state index < -0.39 is 0 Å². The molecule has 5 heteroatoms. The molecule has 0 aliphatic heterocycles. The van der Waals surface area contributed by atoms with Gasteiger partial charge in [0.25, 0.3) is 0 Å². The van der Waals surface area contributed by atoms with Gasteiger partial charge in [-0.25, -0.2) is 9.97 Å². The van der Waals surface area contributed by atoms with Crippen molar-refractivity contribution in [1.29, 1.82) is 0 Å². The van der Waals surface area contributed by atoms with Crippen molar-refractivity contribution in [1.82, 2.24) is 19.1 Å². The van der Waals surface area contributed by atoms with Crippen molar-refractivity contribution in [2.24, 2.45) is 0 Å². The van der Waals surface area contributed by atoms with Gasteiger partial charge in [-0.05, 0) is 66.7 Å². The molecule has 12 rings (SSSR count). The topological polar surface area (TPSA) is 48.8 Å². The van der Waals surface area contributed by atoms with Crippen LogP contribution in [0.15, 0.2) is 199 Å². The van der Waals surface area contributed by atoms with Gasteiger partial charge in [-0.15, -0.1) is 0 Å². The average Bonchev–Trinajstić information content (AvgIpc) is 3.95. The quantitative estimate of drug-likeness (QED) is 0.177. The minimum absolute atomic E-state index is 0.680. The summed E-state index contributed by atoms with van der Waals surface area (Å²) in [5.74, 6) is 0.680. The fourth-order valence-electron chi connectivity index (χ4n) is 8.82. The van der Waals surface area contributed by atoms with Crippen LogP contribution >= 0.6 is 0 Å². The van der Waals surface area contributed by atoms with Crippen LogP contribution in [0.25, 0.3) is 111 Å². The molecule has 57 heavy (non-hydrogen) atoms. The molecule has 266 valence electrons. The van der Waals surface area contributed by atoms with Crippen LogP contribution in [0.5, 0.6) is 0 Å². The van der Waals surface area contributed by atoms with E-state index in [1.54, 1.807) is 0 Å².